The highest BCUT2D eigenvalue weighted by atomic mass is 19.1. The lowest BCUT2D eigenvalue weighted by Gasteiger charge is -2.06. The number of oxazole rings is 1. The second-order valence-corrected chi connectivity index (χ2v) is 5.90. The summed E-state index contributed by atoms with van der Waals surface area (Å²) in [5.41, 5.74) is 2.55. The number of hydrogen-bond donors (Lipinski definition) is 0. The Bertz CT molecular complexity index is 1040. The van der Waals surface area contributed by atoms with Gasteiger partial charge in [0.05, 0.1) is 12.2 Å². The molecule has 0 amide bonds. The molecule has 0 aliphatic carbocycles. The van der Waals surface area contributed by atoms with Crippen molar-refractivity contribution in [1.82, 2.24) is 24.7 Å². The normalized spacial score (nSPS) is 11.0. The van der Waals surface area contributed by atoms with Gasteiger partial charge in [0.2, 0.25) is 5.89 Å². The first-order valence-corrected chi connectivity index (χ1v) is 8.15. The van der Waals surface area contributed by atoms with Crippen LogP contribution in [0, 0.1) is 19.7 Å². The van der Waals surface area contributed by atoms with E-state index in [0.29, 0.717) is 28.7 Å². The summed E-state index contributed by atoms with van der Waals surface area (Å²) >= 11 is 0. The Labute approximate surface area is 149 Å². The van der Waals surface area contributed by atoms with Gasteiger partial charge in [-0.1, -0.05) is 18.2 Å². The van der Waals surface area contributed by atoms with Gasteiger partial charge in [-0.2, -0.15) is 5.10 Å². The molecule has 1 aromatic carbocycles. The van der Waals surface area contributed by atoms with Crippen LogP contribution in [-0.2, 0) is 6.54 Å². The van der Waals surface area contributed by atoms with Crippen molar-refractivity contribution in [2.24, 2.45) is 0 Å². The third-order valence-electron chi connectivity index (χ3n) is 4.10. The zero-order valence-electron chi connectivity index (χ0n) is 14.3. The topological polar surface area (TPSA) is 69.6 Å². The summed E-state index contributed by atoms with van der Waals surface area (Å²) in [7, 11) is 0. The van der Waals surface area contributed by atoms with Gasteiger partial charge in [-0.05, 0) is 26.0 Å². The SMILES string of the molecule is Cc1nc(-c2cc(-c3ncccn3)nn2Cc2ccccc2F)oc1C. The number of aryl methyl sites for hydroxylation is 2. The number of rotatable bonds is 4. The first-order chi connectivity index (χ1) is 12.6. The van der Waals surface area contributed by atoms with Crippen LogP contribution in [0.5, 0.6) is 0 Å². The number of halogens is 1. The molecule has 26 heavy (non-hydrogen) atoms. The van der Waals surface area contributed by atoms with Crippen LogP contribution in [0.4, 0.5) is 4.39 Å². The van der Waals surface area contributed by atoms with E-state index in [9.17, 15) is 4.39 Å². The summed E-state index contributed by atoms with van der Waals surface area (Å²) in [5.74, 6) is 1.37. The number of hydrogen-bond acceptors (Lipinski definition) is 5. The average molecular weight is 349 g/mol. The lowest BCUT2D eigenvalue weighted by molar-refractivity contribution is 0.528. The summed E-state index contributed by atoms with van der Waals surface area (Å²) in [6.07, 6.45) is 3.30. The molecule has 0 N–H and O–H groups in total. The Morgan fingerprint density at radius 3 is 2.54 bits per heavy atom. The summed E-state index contributed by atoms with van der Waals surface area (Å²) in [6.45, 7) is 3.97. The molecule has 0 saturated heterocycles. The molecule has 3 aromatic heterocycles. The monoisotopic (exact) mass is 349 g/mol. The predicted octanol–water partition coefficient (Wildman–Crippen LogP) is 3.80. The van der Waals surface area contributed by atoms with E-state index in [-0.39, 0.29) is 12.4 Å². The quantitative estimate of drug-likeness (QED) is 0.560. The molecule has 0 aliphatic rings. The minimum Gasteiger partial charge on any atom is -0.440 e. The zero-order valence-corrected chi connectivity index (χ0v) is 14.3. The molecular formula is C19H16FN5O. The Kier molecular flexibility index (Phi) is 4.04. The molecule has 3 heterocycles. The van der Waals surface area contributed by atoms with E-state index in [1.165, 1.54) is 6.07 Å². The fourth-order valence-electron chi connectivity index (χ4n) is 2.62. The van der Waals surface area contributed by atoms with Gasteiger partial charge in [0.1, 0.15) is 23.0 Å². The number of nitrogens with zero attached hydrogens (tertiary/aromatic N) is 5. The molecule has 4 aromatic rings. The van der Waals surface area contributed by atoms with Crippen LogP contribution in [-0.4, -0.2) is 24.7 Å². The van der Waals surface area contributed by atoms with E-state index >= 15 is 0 Å². The van der Waals surface area contributed by atoms with Gasteiger partial charge in [-0.3, -0.25) is 4.68 Å². The Hall–Kier alpha value is -3.35. The van der Waals surface area contributed by atoms with Crippen molar-refractivity contribution in [1.29, 1.82) is 0 Å². The minimum atomic E-state index is -0.286. The van der Waals surface area contributed by atoms with E-state index < -0.39 is 0 Å². The zero-order chi connectivity index (χ0) is 18.1. The van der Waals surface area contributed by atoms with Crippen LogP contribution in [0.3, 0.4) is 0 Å². The van der Waals surface area contributed by atoms with E-state index in [2.05, 4.69) is 20.1 Å². The summed E-state index contributed by atoms with van der Waals surface area (Å²) in [5, 5.41) is 4.56. The second-order valence-electron chi connectivity index (χ2n) is 5.90. The first-order valence-electron chi connectivity index (χ1n) is 8.15. The number of aromatic nitrogens is 5. The molecule has 0 saturated carbocycles. The van der Waals surface area contributed by atoms with Crippen molar-refractivity contribution in [3.8, 4) is 23.1 Å². The van der Waals surface area contributed by atoms with Gasteiger partial charge in [0.25, 0.3) is 0 Å². The van der Waals surface area contributed by atoms with E-state index in [0.717, 1.165) is 11.5 Å². The third kappa shape index (κ3) is 2.99. The first kappa shape index (κ1) is 16.1. The van der Waals surface area contributed by atoms with Gasteiger partial charge < -0.3 is 4.42 Å². The van der Waals surface area contributed by atoms with Crippen molar-refractivity contribution in [3.05, 3.63) is 71.6 Å². The largest absolute Gasteiger partial charge is 0.440 e. The Balaban J connectivity index is 1.82. The molecule has 7 heteroatoms. The van der Waals surface area contributed by atoms with Crippen LogP contribution in [0.15, 0.2) is 53.2 Å². The fraction of sp³-hybridized carbons (Fsp3) is 0.158. The van der Waals surface area contributed by atoms with E-state index in [1.807, 2.05) is 13.8 Å². The van der Waals surface area contributed by atoms with Crippen molar-refractivity contribution < 1.29 is 8.81 Å². The molecule has 0 spiro atoms. The van der Waals surface area contributed by atoms with Crippen molar-refractivity contribution in [2.45, 2.75) is 20.4 Å². The van der Waals surface area contributed by atoms with E-state index in [4.69, 9.17) is 4.42 Å². The van der Waals surface area contributed by atoms with Crippen molar-refractivity contribution in [2.75, 3.05) is 0 Å². The van der Waals surface area contributed by atoms with Crippen LogP contribution in [0.1, 0.15) is 17.0 Å². The van der Waals surface area contributed by atoms with E-state index in [1.54, 1.807) is 47.4 Å². The standard InChI is InChI=1S/C19H16FN5O/c1-12-13(2)26-19(23-12)17-10-16(18-21-8-5-9-22-18)24-25(17)11-14-6-3-4-7-15(14)20/h3-10H,11H2,1-2H3. The number of benzene rings is 1. The molecule has 6 nitrogen and oxygen atoms in total. The summed E-state index contributed by atoms with van der Waals surface area (Å²) in [6, 6.07) is 10.2. The molecule has 0 atom stereocenters. The Morgan fingerprint density at radius 1 is 1.08 bits per heavy atom. The maximum Gasteiger partial charge on any atom is 0.245 e. The summed E-state index contributed by atoms with van der Waals surface area (Å²) in [4.78, 5) is 12.9. The highest BCUT2D eigenvalue weighted by Gasteiger charge is 2.19. The smallest absolute Gasteiger partial charge is 0.245 e. The van der Waals surface area contributed by atoms with Crippen LogP contribution < -0.4 is 0 Å². The third-order valence-corrected chi connectivity index (χ3v) is 4.10. The predicted molar refractivity (Wildman–Crippen MR) is 93.7 cm³/mol. The second kappa shape index (κ2) is 6.51. The molecule has 0 aliphatic heterocycles. The lowest BCUT2D eigenvalue weighted by Crippen LogP contribution is -2.06. The van der Waals surface area contributed by atoms with Gasteiger partial charge >= 0.3 is 0 Å². The highest BCUT2D eigenvalue weighted by Crippen LogP contribution is 2.26. The molecule has 0 unspecified atom stereocenters. The maximum atomic E-state index is 14.1. The molecule has 0 fully saturated rings. The van der Waals surface area contributed by atoms with Crippen molar-refractivity contribution >= 4 is 0 Å². The molecule has 4 rings (SSSR count). The molecule has 0 bridgehead atoms. The Morgan fingerprint density at radius 2 is 1.85 bits per heavy atom. The molecular weight excluding hydrogens is 333 g/mol. The van der Waals surface area contributed by atoms with Gasteiger partial charge in [-0.25, -0.2) is 19.3 Å². The van der Waals surface area contributed by atoms with Gasteiger partial charge in [0, 0.05) is 24.0 Å². The fourth-order valence-corrected chi connectivity index (χ4v) is 2.62. The van der Waals surface area contributed by atoms with Crippen molar-refractivity contribution in [3.63, 3.8) is 0 Å². The van der Waals surface area contributed by atoms with Crippen LogP contribution >= 0.6 is 0 Å². The molecule has 130 valence electrons. The lowest BCUT2D eigenvalue weighted by atomic mass is 10.2. The minimum absolute atomic E-state index is 0.245. The average Bonchev–Trinajstić information content (AvgIpc) is 3.21. The molecule has 0 radical (unpaired) electrons. The van der Waals surface area contributed by atoms with Crippen LogP contribution in [0.2, 0.25) is 0 Å². The van der Waals surface area contributed by atoms with Gasteiger partial charge in [-0.15, -0.1) is 0 Å². The van der Waals surface area contributed by atoms with Gasteiger partial charge in [0.15, 0.2) is 5.82 Å². The maximum absolute atomic E-state index is 14.1. The highest BCUT2D eigenvalue weighted by molar-refractivity contribution is 5.60. The summed E-state index contributed by atoms with van der Waals surface area (Å²) < 4.78 is 21.5. The van der Waals surface area contributed by atoms with Crippen LogP contribution in [0.25, 0.3) is 23.1 Å².